The van der Waals surface area contributed by atoms with E-state index >= 15 is 0 Å². The van der Waals surface area contributed by atoms with E-state index < -0.39 is 21.0 Å². The Balaban J connectivity index is 1.79. The number of sulfone groups is 1. The number of nitriles is 1. The highest BCUT2D eigenvalue weighted by Gasteiger charge is 2.34. The SMILES string of the molecule is CC(C)CC(C(=O)NCC#N)S(=O)(=O)c1ccc(-c2ccc(N3CCNCC3)cc2)cc1. The fourth-order valence-corrected chi connectivity index (χ4v) is 5.68. The van der Waals surface area contributed by atoms with Crippen LogP contribution in [0.3, 0.4) is 0 Å². The number of amides is 1. The molecule has 1 aliphatic heterocycles. The largest absolute Gasteiger partial charge is 0.369 e. The van der Waals surface area contributed by atoms with E-state index in [0.29, 0.717) is 0 Å². The van der Waals surface area contributed by atoms with Crippen LogP contribution in [0.5, 0.6) is 0 Å². The van der Waals surface area contributed by atoms with E-state index in [1.807, 2.05) is 32.0 Å². The molecule has 2 aromatic rings. The van der Waals surface area contributed by atoms with Crippen LogP contribution in [0.1, 0.15) is 20.3 Å². The van der Waals surface area contributed by atoms with Gasteiger partial charge in [-0.25, -0.2) is 8.42 Å². The van der Waals surface area contributed by atoms with Gasteiger partial charge in [-0.2, -0.15) is 5.26 Å². The predicted molar refractivity (Wildman–Crippen MR) is 126 cm³/mol. The van der Waals surface area contributed by atoms with Crippen molar-refractivity contribution in [1.82, 2.24) is 10.6 Å². The molecule has 0 aromatic heterocycles. The fraction of sp³-hybridized carbons (Fsp3) is 0.417. The first-order valence-electron chi connectivity index (χ1n) is 10.9. The van der Waals surface area contributed by atoms with Gasteiger partial charge in [0.2, 0.25) is 5.91 Å². The number of rotatable bonds is 8. The number of piperazine rings is 1. The summed E-state index contributed by atoms with van der Waals surface area (Å²) in [6, 6.07) is 16.7. The first-order valence-corrected chi connectivity index (χ1v) is 12.4. The number of nitrogens with zero attached hydrogens (tertiary/aromatic N) is 2. The van der Waals surface area contributed by atoms with Gasteiger partial charge in [0, 0.05) is 31.9 Å². The van der Waals surface area contributed by atoms with E-state index in [4.69, 9.17) is 5.26 Å². The van der Waals surface area contributed by atoms with E-state index in [9.17, 15) is 13.2 Å². The maximum Gasteiger partial charge on any atom is 0.239 e. The number of carbonyl (C=O) groups is 1. The quantitative estimate of drug-likeness (QED) is 0.595. The van der Waals surface area contributed by atoms with Crippen LogP contribution in [0.25, 0.3) is 11.1 Å². The lowest BCUT2D eigenvalue weighted by atomic mass is 10.1. The van der Waals surface area contributed by atoms with Crippen LogP contribution in [0.2, 0.25) is 0 Å². The molecule has 1 unspecified atom stereocenters. The van der Waals surface area contributed by atoms with E-state index in [-0.39, 0.29) is 23.8 Å². The maximum absolute atomic E-state index is 13.2. The zero-order valence-electron chi connectivity index (χ0n) is 18.5. The summed E-state index contributed by atoms with van der Waals surface area (Å²) in [6.07, 6.45) is 0.189. The van der Waals surface area contributed by atoms with Crippen LogP contribution in [-0.4, -0.2) is 52.3 Å². The van der Waals surface area contributed by atoms with E-state index in [1.54, 1.807) is 24.3 Å². The lowest BCUT2D eigenvalue weighted by molar-refractivity contribution is -0.120. The molecule has 1 heterocycles. The number of anilines is 1. The maximum atomic E-state index is 13.2. The highest BCUT2D eigenvalue weighted by atomic mass is 32.2. The summed E-state index contributed by atoms with van der Waals surface area (Å²) in [6.45, 7) is 7.43. The molecule has 1 amide bonds. The Morgan fingerprint density at radius 2 is 1.62 bits per heavy atom. The Bertz CT molecular complexity index is 1050. The number of carbonyl (C=O) groups excluding carboxylic acids is 1. The molecule has 1 aliphatic rings. The molecule has 3 rings (SSSR count). The second-order valence-electron chi connectivity index (χ2n) is 8.35. The number of nitrogens with one attached hydrogen (secondary N) is 2. The van der Waals surface area contributed by atoms with Gasteiger partial charge >= 0.3 is 0 Å². The zero-order chi connectivity index (χ0) is 23.1. The zero-order valence-corrected chi connectivity index (χ0v) is 19.4. The number of hydrogen-bond donors (Lipinski definition) is 2. The topological polar surface area (TPSA) is 102 Å². The molecule has 1 fully saturated rings. The van der Waals surface area contributed by atoms with Crippen LogP contribution >= 0.6 is 0 Å². The van der Waals surface area contributed by atoms with E-state index in [1.165, 1.54) is 5.69 Å². The molecule has 1 atom stereocenters. The highest BCUT2D eigenvalue weighted by Crippen LogP contribution is 2.27. The third-order valence-electron chi connectivity index (χ3n) is 5.56. The Labute approximate surface area is 190 Å². The predicted octanol–water partition coefficient (Wildman–Crippen LogP) is 2.59. The van der Waals surface area contributed by atoms with Crippen molar-refractivity contribution >= 4 is 21.4 Å². The highest BCUT2D eigenvalue weighted by molar-refractivity contribution is 7.92. The minimum Gasteiger partial charge on any atom is -0.369 e. The molecule has 8 heteroatoms. The van der Waals surface area contributed by atoms with Gasteiger partial charge < -0.3 is 15.5 Å². The summed E-state index contributed by atoms with van der Waals surface area (Å²) in [5.41, 5.74) is 3.08. The molecule has 170 valence electrons. The molecule has 0 aliphatic carbocycles. The first kappa shape index (κ1) is 23.8. The summed E-state index contributed by atoms with van der Waals surface area (Å²) < 4.78 is 26.4. The number of benzene rings is 2. The Kier molecular flexibility index (Phi) is 7.89. The summed E-state index contributed by atoms with van der Waals surface area (Å²) in [7, 11) is -3.88. The molecule has 0 bridgehead atoms. The first-order chi connectivity index (χ1) is 15.3. The smallest absolute Gasteiger partial charge is 0.239 e. The van der Waals surface area contributed by atoms with Gasteiger partial charge in [-0.3, -0.25) is 4.79 Å². The summed E-state index contributed by atoms with van der Waals surface area (Å²) >= 11 is 0. The third kappa shape index (κ3) is 5.67. The van der Waals surface area contributed by atoms with Gasteiger partial charge in [-0.15, -0.1) is 0 Å². The summed E-state index contributed by atoms with van der Waals surface area (Å²) in [5, 5.41) is 13.2. The van der Waals surface area contributed by atoms with Gasteiger partial charge in [0.1, 0.15) is 11.8 Å². The Morgan fingerprint density at radius 3 is 2.16 bits per heavy atom. The second-order valence-corrected chi connectivity index (χ2v) is 10.5. The normalized spacial score (nSPS) is 15.2. The average molecular weight is 455 g/mol. The van der Waals surface area contributed by atoms with Crippen molar-refractivity contribution in [1.29, 1.82) is 5.26 Å². The molecule has 0 radical (unpaired) electrons. The molecule has 1 saturated heterocycles. The van der Waals surface area contributed by atoms with Crippen molar-refractivity contribution in [3.05, 3.63) is 48.5 Å². The van der Waals surface area contributed by atoms with Crippen LogP contribution in [0, 0.1) is 17.2 Å². The minimum absolute atomic E-state index is 0.0103. The van der Waals surface area contributed by atoms with Crippen molar-refractivity contribution < 1.29 is 13.2 Å². The van der Waals surface area contributed by atoms with Crippen molar-refractivity contribution in [2.24, 2.45) is 5.92 Å². The molecule has 2 N–H and O–H groups in total. The summed E-state index contributed by atoms with van der Waals surface area (Å²) in [5.74, 6) is -0.621. The molecule has 2 aromatic carbocycles. The molecule has 7 nitrogen and oxygen atoms in total. The van der Waals surface area contributed by atoms with Crippen molar-refractivity contribution in [3.8, 4) is 17.2 Å². The van der Waals surface area contributed by atoms with Crippen LogP contribution in [0.15, 0.2) is 53.4 Å². The lowest BCUT2D eigenvalue weighted by Gasteiger charge is -2.29. The Hall–Kier alpha value is -2.89. The average Bonchev–Trinajstić information content (AvgIpc) is 2.81. The second kappa shape index (κ2) is 10.6. The van der Waals surface area contributed by atoms with Crippen molar-refractivity contribution in [2.45, 2.75) is 30.4 Å². The Morgan fingerprint density at radius 1 is 1.06 bits per heavy atom. The van der Waals surface area contributed by atoms with Gasteiger partial charge in [0.15, 0.2) is 9.84 Å². The molecule has 0 saturated carbocycles. The summed E-state index contributed by atoms with van der Waals surface area (Å²) in [4.78, 5) is 14.9. The van der Waals surface area contributed by atoms with Crippen LogP contribution in [0.4, 0.5) is 5.69 Å². The van der Waals surface area contributed by atoms with Gasteiger partial charge in [-0.1, -0.05) is 38.1 Å². The number of hydrogen-bond acceptors (Lipinski definition) is 6. The molecule has 32 heavy (non-hydrogen) atoms. The third-order valence-corrected chi connectivity index (χ3v) is 7.64. The van der Waals surface area contributed by atoms with E-state index in [2.05, 4.69) is 27.7 Å². The fourth-order valence-electron chi connectivity index (χ4n) is 3.83. The van der Waals surface area contributed by atoms with Crippen LogP contribution in [-0.2, 0) is 14.6 Å². The van der Waals surface area contributed by atoms with Crippen LogP contribution < -0.4 is 15.5 Å². The van der Waals surface area contributed by atoms with Crippen molar-refractivity contribution in [3.63, 3.8) is 0 Å². The van der Waals surface area contributed by atoms with E-state index in [0.717, 1.165) is 37.3 Å². The van der Waals surface area contributed by atoms with Crippen molar-refractivity contribution in [2.75, 3.05) is 37.6 Å². The standard InChI is InChI=1S/C24H30N4O3S/c1-18(2)17-23(24(29)27-12-11-25)32(30,31)22-9-5-20(6-10-22)19-3-7-21(8-4-19)28-15-13-26-14-16-28/h3-10,18,23,26H,12-17H2,1-2H3,(H,27,29). The van der Waals surface area contributed by atoms with Gasteiger partial charge in [0.05, 0.1) is 11.0 Å². The molecular weight excluding hydrogens is 424 g/mol. The van der Waals surface area contributed by atoms with Gasteiger partial charge in [0.25, 0.3) is 0 Å². The molecular formula is C24H30N4O3S. The van der Waals surface area contributed by atoms with Gasteiger partial charge in [-0.05, 0) is 47.7 Å². The molecule has 0 spiro atoms. The monoisotopic (exact) mass is 454 g/mol. The minimum atomic E-state index is -3.88. The lowest BCUT2D eigenvalue weighted by Crippen LogP contribution is -2.43.